The normalized spacial score (nSPS) is 16.4. The Morgan fingerprint density at radius 1 is 0.818 bits per heavy atom. The molecule has 3 rings (SSSR count). The first-order valence-electron chi connectivity index (χ1n) is 11.5. The van der Waals surface area contributed by atoms with Gasteiger partial charge in [0.2, 0.25) is 0 Å². The fourth-order valence-corrected chi connectivity index (χ4v) is 3.89. The summed E-state index contributed by atoms with van der Waals surface area (Å²) in [5.41, 5.74) is -0.866. The molecule has 1 aliphatic heterocycles. The molecule has 0 unspecified atom stereocenters. The van der Waals surface area contributed by atoms with Crippen molar-refractivity contribution in [3.8, 4) is 0 Å². The van der Waals surface area contributed by atoms with Gasteiger partial charge in [0.1, 0.15) is 0 Å². The van der Waals surface area contributed by atoms with Gasteiger partial charge in [0, 0.05) is 6.04 Å². The summed E-state index contributed by atoms with van der Waals surface area (Å²) < 4.78 is 0. The van der Waals surface area contributed by atoms with Crippen LogP contribution in [-0.2, 0) is 27.3 Å². The van der Waals surface area contributed by atoms with Gasteiger partial charge in [-0.1, -0.05) is 113 Å². The zero-order valence-electron chi connectivity index (χ0n) is 20.9. The van der Waals surface area contributed by atoms with Crippen molar-refractivity contribution in [3.05, 3.63) is 71.8 Å². The second kappa shape index (κ2) is 15.1. The molecule has 0 aromatic heterocycles. The van der Waals surface area contributed by atoms with Crippen LogP contribution >= 0.6 is 0 Å². The fourth-order valence-electron chi connectivity index (χ4n) is 3.89. The van der Waals surface area contributed by atoms with Crippen LogP contribution in [0.5, 0.6) is 0 Å². The zero-order valence-corrected chi connectivity index (χ0v) is 22.5. The Labute approximate surface area is 215 Å². The number of hydrogen-bond acceptors (Lipinski definition) is 5. The molecule has 1 aliphatic rings. The first-order chi connectivity index (χ1) is 14.9. The summed E-state index contributed by atoms with van der Waals surface area (Å²) in [6.07, 6.45) is 0.952. The maximum absolute atomic E-state index is 14.3. The van der Waals surface area contributed by atoms with Crippen LogP contribution in [0, 0.1) is 0 Å². The Kier molecular flexibility index (Phi) is 14.6. The number of nitrogens with zero attached hydrogens (tertiary/aromatic N) is 1. The maximum atomic E-state index is 14.3. The van der Waals surface area contributed by atoms with Gasteiger partial charge in [-0.3, -0.25) is 0 Å². The Morgan fingerprint density at radius 3 is 1.52 bits per heavy atom. The van der Waals surface area contributed by atoms with Crippen molar-refractivity contribution < 1.29 is 42.1 Å². The molecular weight excluding hydrogens is 450 g/mol. The van der Waals surface area contributed by atoms with E-state index in [1.165, 1.54) is 0 Å². The van der Waals surface area contributed by atoms with Crippen molar-refractivity contribution in [1.29, 1.82) is 0 Å². The van der Waals surface area contributed by atoms with E-state index in [-0.39, 0.29) is 27.8 Å². The van der Waals surface area contributed by atoms with E-state index in [0.717, 1.165) is 30.5 Å². The van der Waals surface area contributed by atoms with Gasteiger partial charge in [0.05, 0.1) is 0 Å². The molecule has 5 nitrogen and oxygen atoms in total. The monoisotopic (exact) mass is 489 g/mol. The molecule has 0 aliphatic carbocycles. The van der Waals surface area contributed by atoms with Gasteiger partial charge in [0.25, 0.3) is 0 Å². The van der Waals surface area contributed by atoms with Crippen LogP contribution in [0.4, 0.5) is 0 Å². The number of rotatable bonds is 5. The Morgan fingerprint density at radius 2 is 1.18 bits per heavy atom. The van der Waals surface area contributed by atoms with Crippen LogP contribution in [0.2, 0.25) is 0 Å². The first-order valence-corrected chi connectivity index (χ1v) is 11.5. The third-order valence-electron chi connectivity index (χ3n) is 4.82. The molecule has 1 heterocycles. The molecule has 1 saturated heterocycles. The molecule has 0 bridgehead atoms. The van der Waals surface area contributed by atoms with E-state index in [4.69, 9.17) is 0 Å². The van der Waals surface area contributed by atoms with Crippen LogP contribution in [0.1, 0.15) is 65.5 Å². The Hall–Kier alpha value is -1.05. The predicted molar refractivity (Wildman–Crippen MR) is 123 cm³/mol. The van der Waals surface area contributed by atoms with Crippen LogP contribution in [0.25, 0.3) is 0 Å². The van der Waals surface area contributed by atoms with Crippen LogP contribution in [0.3, 0.4) is 0 Å². The second-order valence-electron chi connectivity index (χ2n) is 9.45. The molecule has 1 fully saturated rings. The summed E-state index contributed by atoms with van der Waals surface area (Å²) in [5, 5.41) is 45.6. The zero-order chi connectivity index (χ0) is 24.4. The van der Waals surface area contributed by atoms with Crippen molar-refractivity contribution in [2.75, 3.05) is 13.1 Å². The van der Waals surface area contributed by atoms with Crippen molar-refractivity contribution in [1.82, 2.24) is 4.90 Å². The predicted octanol–water partition coefficient (Wildman–Crippen LogP) is 1.40. The topological polar surface area (TPSA) is 95.5 Å². The van der Waals surface area contributed by atoms with Crippen molar-refractivity contribution in [3.63, 3.8) is 0 Å². The molecule has 0 amide bonds. The molecule has 6 heteroatoms. The Balaban J connectivity index is 0.000000991. The third kappa shape index (κ3) is 11.3. The van der Waals surface area contributed by atoms with E-state index < -0.39 is 23.4 Å². The van der Waals surface area contributed by atoms with Gasteiger partial charge in [-0.15, -0.1) is 17.8 Å². The Bertz CT molecular complexity index is 697. The summed E-state index contributed by atoms with van der Waals surface area (Å²) in [5.74, 6) is 0. The van der Waals surface area contributed by atoms with Gasteiger partial charge in [-0.25, -0.2) is 0 Å². The largest absolute Gasteiger partial charge is 4.00 e. The van der Waals surface area contributed by atoms with E-state index in [1.54, 1.807) is 41.5 Å². The average Bonchev–Trinajstić information content (AvgIpc) is 3.14. The second-order valence-corrected chi connectivity index (χ2v) is 9.45. The van der Waals surface area contributed by atoms with E-state index in [2.05, 4.69) is 4.90 Å². The molecule has 180 valence electrons. The van der Waals surface area contributed by atoms with Gasteiger partial charge in [0.15, 0.2) is 0 Å². The van der Waals surface area contributed by atoms with Crippen LogP contribution in [0.15, 0.2) is 60.7 Å². The summed E-state index contributed by atoms with van der Waals surface area (Å²) in [7, 11) is 0. The van der Waals surface area contributed by atoms with Crippen molar-refractivity contribution in [2.24, 2.45) is 0 Å². The number of likely N-dealkylation sites (tertiary alicyclic amines) is 1. The van der Waals surface area contributed by atoms with E-state index in [0.29, 0.717) is 6.54 Å². The number of benzene rings is 2. The summed E-state index contributed by atoms with van der Waals surface area (Å²) in [6.45, 7) is 11.1. The third-order valence-corrected chi connectivity index (χ3v) is 4.82. The minimum Gasteiger partial charge on any atom is -0.852 e. The van der Waals surface area contributed by atoms with Gasteiger partial charge in [-0.05, 0) is 31.5 Å². The smallest absolute Gasteiger partial charge is 0.852 e. The maximum Gasteiger partial charge on any atom is 4.00 e. The van der Waals surface area contributed by atoms with Gasteiger partial charge in [-0.2, -0.15) is 0 Å². The van der Waals surface area contributed by atoms with Crippen LogP contribution in [-0.4, -0.2) is 41.8 Å². The first kappa shape index (κ1) is 32.0. The van der Waals surface area contributed by atoms with E-state index >= 15 is 0 Å². The fraction of sp³-hybridized carbons (Fsp3) is 0.556. The molecule has 0 radical (unpaired) electrons. The van der Waals surface area contributed by atoms with Crippen molar-refractivity contribution in [2.45, 2.75) is 83.8 Å². The average molecular weight is 489 g/mol. The minimum atomic E-state index is -1.36. The molecular formula is C27H39NO4Ti. The standard InChI is InChI=1S/C21H25NO2.2C3H7O.Ti/c1-20(2,23)16-22-15-9-14-19(22)21(24,17-10-5-3-6-11-17)18-12-7-4-8-13-18;2*1-3(2)4;/h3-8,10-13,19H,9,14-16H2,1-2H3;2*3H,1-2H3;/q-2;2*-1;+4/t19-;;;/m0.../s1. The molecule has 33 heavy (non-hydrogen) atoms. The number of hydrogen-bond donors (Lipinski definition) is 0. The molecule has 1 atom stereocenters. The van der Waals surface area contributed by atoms with E-state index in [9.17, 15) is 20.4 Å². The van der Waals surface area contributed by atoms with E-state index in [1.807, 2.05) is 60.7 Å². The van der Waals surface area contributed by atoms with Gasteiger partial charge >= 0.3 is 21.7 Å². The quantitative estimate of drug-likeness (QED) is 0.592. The summed E-state index contributed by atoms with van der Waals surface area (Å²) in [6, 6.07) is 19.0. The summed E-state index contributed by atoms with van der Waals surface area (Å²) >= 11 is 0. The molecule has 0 N–H and O–H groups in total. The molecule has 0 saturated carbocycles. The summed E-state index contributed by atoms with van der Waals surface area (Å²) in [4.78, 5) is 2.11. The minimum absolute atomic E-state index is 0. The SMILES string of the molecule is CC(C)([O-])CN1CCC[C@H]1C([O-])(c1ccccc1)c1ccccc1.CC(C)[O-].CC(C)[O-].[Ti+4]. The molecule has 2 aromatic carbocycles. The van der Waals surface area contributed by atoms with Gasteiger partial charge < -0.3 is 25.3 Å². The molecule has 0 spiro atoms. The molecule has 2 aromatic rings. The van der Waals surface area contributed by atoms with Crippen LogP contribution < -0.4 is 20.4 Å². The van der Waals surface area contributed by atoms with Crippen molar-refractivity contribution >= 4 is 0 Å².